The van der Waals surface area contributed by atoms with Gasteiger partial charge in [-0.25, -0.2) is 0 Å². The smallest absolute Gasteiger partial charge is 0.370 e. The summed E-state index contributed by atoms with van der Waals surface area (Å²) in [4.78, 5) is 0. The zero-order valence-corrected chi connectivity index (χ0v) is 8.43. The highest BCUT2D eigenvalue weighted by atomic mass is 19.4. The molecule has 0 spiro atoms. The van der Waals surface area contributed by atoms with E-state index in [4.69, 9.17) is 4.74 Å². The second-order valence-electron chi connectivity index (χ2n) is 3.80. The Bertz CT molecular complexity index is 381. The number of hydrogen-bond donors (Lipinski definition) is 0. The molecule has 1 aliphatic heterocycles. The molecule has 3 nitrogen and oxygen atoms in total. The molecule has 84 valence electrons. The molecule has 0 amide bonds. The highest BCUT2D eigenvalue weighted by molar-refractivity contribution is 5.30. The maximum atomic E-state index is 12.8. The summed E-state index contributed by atoms with van der Waals surface area (Å²) in [7, 11) is 0. The second kappa shape index (κ2) is 3.23. The predicted molar refractivity (Wildman–Crippen MR) is 46.1 cm³/mol. The number of fused-ring (bicyclic) bond motifs is 1. The summed E-state index contributed by atoms with van der Waals surface area (Å²) in [6.07, 6.45) is -4.36. The zero-order valence-electron chi connectivity index (χ0n) is 8.43. The molecule has 0 bridgehead atoms. The highest BCUT2D eigenvalue weighted by Crippen LogP contribution is 2.37. The van der Waals surface area contributed by atoms with Crippen molar-refractivity contribution in [3.63, 3.8) is 0 Å². The summed E-state index contributed by atoms with van der Waals surface area (Å²) in [5.41, 5.74) is -0.0581. The van der Waals surface area contributed by atoms with Crippen LogP contribution < -0.4 is 0 Å². The largest absolute Gasteiger partial charge is 0.433 e. The first-order valence-electron chi connectivity index (χ1n) is 4.66. The minimum Gasteiger partial charge on any atom is -0.370 e. The van der Waals surface area contributed by atoms with Gasteiger partial charge in [-0.1, -0.05) is 0 Å². The first-order valence-corrected chi connectivity index (χ1v) is 4.66. The summed E-state index contributed by atoms with van der Waals surface area (Å²) in [5.74, 6) is 0. The molecule has 2 heterocycles. The van der Waals surface area contributed by atoms with Crippen LogP contribution in [0.3, 0.4) is 0 Å². The Hall–Kier alpha value is -1.04. The first-order chi connectivity index (χ1) is 6.91. The van der Waals surface area contributed by atoms with E-state index < -0.39 is 11.9 Å². The fraction of sp³-hybridized carbons (Fsp3) is 0.667. The average molecular weight is 220 g/mol. The number of alkyl halides is 3. The lowest BCUT2D eigenvalue weighted by Gasteiger charge is -2.14. The van der Waals surface area contributed by atoms with Gasteiger partial charge in [-0.15, -0.1) is 0 Å². The molecule has 2 rings (SSSR count). The molecular formula is C9H11F3N2O. The summed E-state index contributed by atoms with van der Waals surface area (Å²) in [6.45, 7) is 3.55. The normalized spacial score (nSPS) is 16.1. The number of hydrogen-bond acceptors (Lipinski definition) is 2. The molecule has 1 aromatic heterocycles. The molecule has 0 N–H and O–H groups in total. The predicted octanol–water partition coefficient (Wildman–Crippen LogP) is 2.51. The van der Waals surface area contributed by atoms with Gasteiger partial charge >= 0.3 is 6.18 Å². The van der Waals surface area contributed by atoms with Gasteiger partial charge in [0.2, 0.25) is 0 Å². The minimum atomic E-state index is -4.36. The van der Waals surface area contributed by atoms with Crippen molar-refractivity contribution in [3.05, 3.63) is 17.0 Å². The van der Waals surface area contributed by atoms with Crippen LogP contribution in [0.25, 0.3) is 0 Å². The molecule has 0 fully saturated rings. The van der Waals surface area contributed by atoms with Crippen molar-refractivity contribution in [1.29, 1.82) is 0 Å². The van der Waals surface area contributed by atoms with Gasteiger partial charge in [0.1, 0.15) is 5.69 Å². The Morgan fingerprint density at radius 1 is 1.33 bits per heavy atom. The van der Waals surface area contributed by atoms with Crippen LogP contribution in [0.5, 0.6) is 0 Å². The Balaban J connectivity index is 2.58. The maximum absolute atomic E-state index is 12.8. The molecular weight excluding hydrogens is 209 g/mol. The van der Waals surface area contributed by atoms with Gasteiger partial charge < -0.3 is 4.74 Å². The van der Waals surface area contributed by atoms with Crippen LogP contribution in [0.15, 0.2) is 0 Å². The Morgan fingerprint density at radius 3 is 2.53 bits per heavy atom. The summed E-state index contributed by atoms with van der Waals surface area (Å²) in [5, 5.41) is 3.93. The Kier molecular flexibility index (Phi) is 2.26. The molecule has 6 heteroatoms. The van der Waals surface area contributed by atoms with E-state index in [9.17, 15) is 13.2 Å². The van der Waals surface area contributed by atoms with Gasteiger partial charge in [0.05, 0.1) is 18.9 Å². The third-order valence-electron chi connectivity index (χ3n) is 2.33. The van der Waals surface area contributed by atoms with Crippen LogP contribution in [-0.2, 0) is 24.1 Å². The van der Waals surface area contributed by atoms with Crippen molar-refractivity contribution in [2.45, 2.75) is 39.3 Å². The van der Waals surface area contributed by atoms with Gasteiger partial charge in [-0.05, 0) is 13.8 Å². The van der Waals surface area contributed by atoms with Gasteiger partial charge in [0, 0.05) is 11.6 Å². The van der Waals surface area contributed by atoms with E-state index in [1.807, 2.05) is 0 Å². The Morgan fingerprint density at radius 2 is 2.00 bits per heavy atom. The molecule has 0 aromatic carbocycles. The van der Waals surface area contributed by atoms with E-state index in [1.165, 1.54) is 0 Å². The van der Waals surface area contributed by atoms with E-state index >= 15 is 0 Å². The fourth-order valence-corrected chi connectivity index (χ4v) is 1.71. The highest BCUT2D eigenvalue weighted by Gasteiger charge is 2.41. The van der Waals surface area contributed by atoms with Gasteiger partial charge in [0.15, 0.2) is 0 Å². The van der Waals surface area contributed by atoms with Gasteiger partial charge in [0.25, 0.3) is 0 Å². The fourth-order valence-electron chi connectivity index (χ4n) is 1.71. The molecule has 0 aliphatic carbocycles. The van der Waals surface area contributed by atoms with Crippen LogP contribution >= 0.6 is 0 Å². The third-order valence-corrected chi connectivity index (χ3v) is 2.33. The Labute approximate surface area is 84.8 Å². The third kappa shape index (κ3) is 1.62. The number of halogens is 3. The number of ether oxygens (including phenoxy) is 1. The first kappa shape index (κ1) is 10.5. The number of rotatable bonds is 1. The molecule has 0 radical (unpaired) electrons. The van der Waals surface area contributed by atoms with E-state index in [0.717, 1.165) is 4.68 Å². The van der Waals surface area contributed by atoms with E-state index in [-0.39, 0.29) is 24.8 Å². The summed E-state index contributed by atoms with van der Waals surface area (Å²) in [6, 6.07) is -0.299. The number of aromatic nitrogens is 2. The SMILES string of the molecule is CC(C)n1nc2c(c1C(F)(F)F)COC2. The standard InChI is InChI=1S/C9H11F3N2O/c1-5(2)14-8(9(10,11)12)6-3-15-4-7(6)13-14/h5H,3-4H2,1-2H3. The van der Waals surface area contributed by atoms with Crippen LogP contribution in [0, 0.1) is 0 Å². The monoisotopic (exact) mass is 220 g/mol. The summed E-state index contributed by atoms with van der Waals surface area (Å²) < 4.78 is 44.3. The lowest BCUT2D eigenvalue weighted by molar-refractivity contribution is -0.145. The lowest BCUT2D eigenvalue weighted by Crippen LogP contribution is -2.18. The van der Waals surface area contributed by atoms with Crippen LogP contribution in [0.4, 0.5) is 13.2 Å². The van der Waals surface area contributed by atoms with Crippen molar-refractivity contribution in [3.8, 4) is 0 Å². The van der Waals surface area contributed by atoms with E-state index in [0.29, 0.717) is 5.69 Å². The maximum Gasteiger partial charge on any atom is 0.433 e. The second-order valence-corrected chi connectivity index (χ2v) is 3.80. The minimum absolute atomic E-state index is 0.0108. The van der Waals surface area contributed by atoms with E-state index in [1.54, 1.807) is 13.8 Å². The average Bonchev–Trinajstić information content (AvgIpc) is 2.56. The zero-order chi connectivity index (χ0) is 11.2. The topological polar surface area (TPSA) is 27.1 Å². The number of nitrogens with zero attached hydrogens (tertiary/aromatic N) is 2. The molecule has 0 saturated heterocycles. The van der Waals surface area contributed by atoms with Crippen LogP contribution in [0.2, 0.25) is 0 Å². The van der Waals surface area contributed by atoms with Crippen LogP contribution in [0.1, 0.15) is 36.8 Å². The molecule has 15 heavy (non-hydrogen) atoms. The van der Waals surface area contributed by atoms with Crippen LogP contribution in [-0.4, -0.2) is 9.78 Å². The van der Waals surface area contributed by atoms with Crippen molar-refractivity contribution < 1.29 is 17.9 Å². The van der Waals surface area contributed by atoms with Crippen molar-refractivity contribution in [2.75, 3.05) is 0 Å². The molecule has 0 saturated carbocycles. The molecule has 1 aromatic rings. The molecule has 1 aliphatic rings. The van der Waals surface area contributed by atoms with Gasteiger partial charge in [-0.3, -0.25) is 4.68 Å². The van der Waals surface area contributed by atoms with Crippen molar-refractivity contribution in [1.82, 2.24) is 9.78 Å². The quantitative estimate of drug-likeness (QED) is 0.727. The lowest BCUT2D eigenvalue weighted by atomic mass is 10.2. The van der Waals surface area contributed by atoms with Crippen molar-refractivity contribution in [2.24, 2.45) is 0 Å². The van der Waals surface area contributed by atoms with E-state index in [2.05, 4.69) is 5.10 Å². The van der Waals surface area contributed by atoms with Crippen molar-refractivity contribution >= 4 is 0 Å². The molecule has 0 unspecified atom stereocenters. The molecule has 0 atom stereocenters. The summed E-state index contributed by atoms with van der Waals surface area (Å²) >= 11 is 0. The van der Waals surface area contributed by atoms with Gasteiger partial charge in [-0.2, -0.15) is 18.3 Å².